The first-order chi connectivity index (χ1) is 9.31. The maximum absolute atomic E-state index is 9.26. The van der Waals surface area contributed by atoms with Gasteiger partial charge in [-0.15, -0.1) is 0 Å². The van der Waals surface area contributed by atoms with Gasteiger partial charge in [-0.3, -0.25) is 0 Å². The third-order valence-corrected chi connectivity index (χ3v) is 3.17. The van der Waals surface area contributed by atoms with Crippen LogP contribution in [0.1, 0.15) is 6.42 Å². The number of phenols is 1. The standard InChI is InChI=1S/C16H16O3/c17-14-5-1-12(2-6-14)13-3-7-15(8-4-13)18-10-9-16-11-19-16/h1-8,16-17H,9-11H2. The summed E-state index contributed by atoms with van der Waals surface area (Å²) in [5, 5.41) is 9.26. The van der Waals surface area contributed by atoms with Crippen LogP contribution in [-0.4, -0.2) is 24.4 Å². The van der Waals surface area contributed by atoms with Crippen molar-refractivity contribution in [3.8, 4) is 22.6 Å². The molecule has 0 spiro atoms. The summed E-state index contributed by atoms with van der Waals surface area (Å²) < 4.78 is 10.8. The van der Waals surface area contributed by atoms with Gasteiger partial charge in [0.1, 0.15) is 11.5 Å². The van der Waals surface area contributed by atoms with Crippen molar-refractivity contribution in [3.05, 3.63) is 48.5 Å². The van der Waals surface area contributed by atoms with Crippen molar-refractivity contribution < 1.29 is 14.6 Å². The first kappa shape index (κ1) is 12.1. The van der Waals surface area contributed by atoms with Gasteiger partial charge in [0.25, 0.3) is 0 Å². The zero-order valence-corrected chi connectivity index (χ0v) is 10.6. The first-order valence-electron chi connectivity index (χ1n) is 6.45. The van der Waals surface area contributed by atoms with Crippen LogP contribution in [0.5, 0.6) is 11.5 Å². The number of epoxide rings is 1. The number of aromatic hydroxyl groups is 1. The van der Waals surface area contributed by atoms with E-state index >= 15 is 0 Å². The third kappa shape index (κ3) is 3.26. The average Bonchev–Trinajstić information content (AvgIpc) is 3.25. The Labute approximate surface area is 112 Å². The Morgan fingerprint density at radius 1 is 1.00 bits per heavy atom. The Morgan fingerprint density at radius 2 is 1.58 bits per heavy atom. The number of ether oxygens (including phenoxy) is 2. The predicted octanol–water partition coefficient (Wildman–Crippen LogP) is 3.23. The monoisotopic (exact) mass is 256 g/mol. The molecule has 1 heterocycles. The Hall–Kier alpha value is -2.00. The molecule has 0 aromatic heterocycles. The second-order valence-corrected chi connectivity index (χ2v) is 4.66. The summed E-state index contributed by atoms with van der Waals surface area (Å²) in [6.45, 7) is 1.58. The summed E-state index contributed by atoms with van der Waals surface area (Å²) in [4.78, 5) is 0. The van der Waals surface area contributed by atoms with Gasteiger partial charge in [-0.2, -0.15) is 0 Å². The van der Waals surface area contributed by atoms with Gasteiger partial charge in [0.05, 0.1) is 19.3 Å². The van der Waals surface area contributed by atoms with E-state index in [2.05, 4.69) is 0 Å². The lowest BCUT2D eigenvalue weighted by Gasteiger charge is -2.06. The molecular weight excluding hydrogens is 240 g/mol. The fourth-order valence-electron chi connectivity index (χ4n) is 1.94. The van der Waals surface area contributed by atoms with Gasteiger partial charge in [0.2, 0.25) is 0 Å². The van der Waals surface area contributed by atoms with Crippen LogP contribution in [-0.2, 0) is 4.74 Å². The lowest BCUT2D eigenvalue weighted by molar-refractivity contribution is 0.283. The Bertz CT molecular complexity index is 527. The lowest BCUT2D eigenvalue weighted by atomic mass is 10.1. The van der Waals surface area contributed by atoms with Gasteiger partial charge >= 0.3 is 0 Å². The van der Waals surface area contributed by atoms with E-state index in [0.717, 1.165) is 29.9 Å². The quantitative estimate of drug-likeness (QED) is 0.835. The molecule has 2 aromatic carbocycles. The molecule has 0 saturated carbocycles. The summed E-state index contributed by atoms with van der Waals surface area (Å²) in [5.41, 5.74) is 2.19. The normalized spacial score (nSPS) is 17.2. The maximum atomic E-state index is 9.26. The second-order valence-electron chi connectivity index (χ2n) is 4.66. The maximum Gasteiger partial charge on any atom is 0.119 e. The van der Waals surface area contributed by atoms with Crippen LogP contribution in [0.4, 0.5) is 0 Å². The van der Waals surface area contributed by atoms with E-state index in [-0.39, 0.29) is 5.75 Å². The fourth-order valence-corrected chi connectivity index (χ4v) is 1.94. The van der Waals surface area contributed by atoms with E-state index in [9.17, 15) is 5.11 Å². The molecule has 98 valence electrons. The van der Waals surface area contributed by atoms with Gasteiger partial charge in [0.15, 0.2) is 0 Å². The molecule has 1 N–H and O–H groups in total. The minimum absolute atomic E-state index is 0.283. The van der Waals surface area contributed by atoms with Gasteiger partial charge in [0, 0.05) is 6.42 Å². The molecule has 1 aliphatic heterocycles. The summed E-state index contributed by atoms with van der Waals surface area (Å²) in [6.07, 6.45) is 1.37. The van der Waals surface area contributed by atoms with Crippen molar-refractivity contribution in [2.75, 3.05) is 13.2 Å². The molecule has 0 radical (unpaired) electrons. The largest absolute Gasteiger partial charge is 0.508 e. The zero-order valence-electron chi connectivity index (χ0n) is 10.6. The molecular formula is C16H16O3. The SMILES string of the molecule is Oc1ccc(-c2ccc(OCCC3CO3)cc2)cc1. The summed E-state index contributed by atoms with van der Waals surface area (Å²) in [5.74, 6) is 1.16. The molecule has 19 heavy (non-hydrogen) atoms. The molecule has 3 nitrogen and oxygen atoms in total. The molecule has 1 atom stereocenters. The second kappa shape index (κ2) is 5.33. The van der Waals surface area contributed by atoms with Crippen molar-refractivity contribution in [2.24, 2.45) is 0 Å². The van der Waals surface area contributed by atoms with Gasteiger partial charge in [-0.1, -0.05) is 24.3 Å². The van der Waals surface area contributed by atoms with E-state index in [1.165, 1.54) is 0 Å². The van der Waals surface area contributed by atoms with E-state index < -0.39 is 0 Å². The van der Waals surface area contributed by atoms with Crippen LogP contribution < -0.4 is 4.74 Å². The topological polar surface area (TPSA) is 42.0 Å². The fraction of sp³-hybridized carbons (Fsp3) is 0.250. The minimum Gasteiger partial charge on any atom is -0.508 e. The Balaban J connectivity index is 1.62. The number of rotatable bonds is 5. The van der Waals surface area contributed by atoms with Gasteiger partial charge in [-0.05, 0) is 35.4 Å². The van der Waals surface area contributed by atoms with E-state index in [1.54, 1.807) is 12.1 Å². The summed E-state index contributed by atoms with van der Waals surface area (Å²) >= 11 is 0. The average molecular weight is 256 g/mol. The number of phenolic OH excluding ortho intramolecular Hbond substituents is 1. The molecule has 1 unspecified atom stereocenters. The van der Waals surface area contributed by atoms with E-state index in [4.69, 9.17) is 9.47 Å². The third-order valence-electron chi connectivity index (χ3n) is 3.17. The van der Waals surface area contributed by atoms with Crippen LogP contribution in [0.15, 0.2) is 48.5 Å². The molecule has 0 aliphatic carbocycles. The van der Waals surface area contributed by atoms with Crippen molar-refractivity contribution in [1.29, 1.82) is 0 Å². The molecule has 1 fully saturated rings. The van der Waals surface area contributed by atoms with Crippen LogP contribution in [0.2, 0.25) is 0 Å². The highest BCUT2D eigenvalue weighted by molar-refractivity contribution is 5.64. The molecule has 1 saturated heterocycles. The van der Waals surface area contributed by atoms with Crippen LogP contribution in [0.25, 0.3) is 11.1 Å². The molecule has 2 aromatic rings. The molecule has 3 rings (SSSR count). The predicted molar refractivity (Wildman–Crippen MR) is 73.4 cm³/mol. The van der Waals surface area contributed by atoms with Gasteiger partial charge in [-0.25, -0.2) is 0 Å². The van der Waals surface area contributed by atoms with Gasteiger partial charge < -0.3 is 14.6 Å². The summed E-state index contributed by atoms with van der Waals surface area (Å²) in [6, 6.07) is 15.2. The summed E-state index contributed by atoms with van der Waals surface area (Å²) in [7, 11) is 0. The van der Waals surface area contributed by atoms with Crippen molar-refractivity contribution in [3.63, 3.8) is 0 Å². The van der Waals surface area contributed by atoms with Crippen LogP contribution >= 0.6 is 0 Å². The highest BCUT2D eigenvalue weighted by Gasteiger charge is 2.21. The molecule has 1 aliphatic rings. The number of hydrogen-bond donors (Lipinski definition) is 1. The Kier molecular flexibility index (Phi) is 3.38. The van der Waals surface area contributed by atoms with Crippen molar-refractivity contribution in [2.45, 2.75) is 12.5 Å². The lowest BCUT2D eigenvalue weighted by Crippen LogP contribution is -2.00. The zero-order chi connectivity index (χ0) is 13.1. The van der Waals surface area contributed by atoms with E-state index in [0.29, 0.717) is 12.7 Å². The highest BCUT2D eigenvalue weighted by atomic mass is 16.6. The highest BCUT2D eigenvalue weighted by Crippen LogP contribution is 2.24. The molecule has 0 amide bonds. The number of hydrogen-bond acceptors (Lipinski definition) is 3. The van der Waals surface area contributed by atoms with E-state index in [1.807, 2.05) is 36.4 Å². The molecule has 0 bridgehead atoms. The van der Waals surface area contributed by atoms with Crippen LogP contribution in [0, 0.1) is 0 Å². The smallest absolute Gasteiger partial charge is 0.119 e. The number of benzene rings is 2. The van der Waals surface area contributed by atoms with Crippen molar-refractivity contribution in [1.82, 2.24) is 0 Å². The minimum atomic E-state index is 0.283. The van der Waals surface area contributed by atoms with Crippen molar-refractivity contribution >= 4 is 0 Å². The molecule has 3 heteroatoms. The Morgan fingerprint density at radius 3 is 2.16 bits per heavy atom. The van der Waals surface area contributed by atoms with Crippen LogP contribution in [0.3, 0.4) is 0 Å². The first-order valence-corrected chi connectivity index (χ1v) is 6.45.